The molecule has 21 nitrogen and oxygen atoms in total. The van der Waals surface area contributed by atoms with Crippen molar-refractivity contribution in [1.29, 1.82) is 0 Å². The van der Waals surface area contributed by atoms with Crippen molar-refractivity contribution in [1.82, 2.24) is 31.7 Å². The summed E-state index contributed by atoms with van der Waals surface area (Å²) in [5, 5.41) is 43.7. The fourth-order valence-electron chi connectivity index (χ4n) is 8.30. The fourth-order valence-corrected chi connectivity index (χ4v) is 8.61. The van der Waals surface area contributed by atoms with Crippen LogP contribution in [0.25, 0.3) is 0 Å². The Balaban J connectivity index is 1.97. The highest BCUT2D eigenvalue weighted by Gasteiger charge is 2.30. The lowest BCUT2D eigenvalue weighted by molar-refractivity contribution is -0.143. The van der Waals surface area contributed by atoms with Crippen molar-refractivity contribution in [2.75, 3.05) is 79.0 Å². The summed E-state index contributed by atoms with van der Waals surface area (Å²) < 4.78 is 21.4. The van der Waals surface area contributed by atoms with E-state index in [9.17, 15) is 43.5 Å². The first kappa shape index (κ1) is 67.0. The van der Waals surface area contributed by atoms with E-state index >= 15 is 0 Å². The molecular formula is C51H93N6O15P. The van der Waals surface area contributed by atoms with E-state index in [0.717, 1.165) is 51.4 Å². The maximum absolute atomic E-state index is 13.0. The standard InChI is InChI=1S/C51H93N6O15P/c58-44(20-15-13-11-9-7-5-3-1-2-4-6-8-10-12-14-16-21-48(62)63)55-37-40-22-24-41(25-23-40)49(64)56-42(50(65)66)26-27-45(59)53-29-31-69-33-36-72-39-47(61)54-30-32-70-34-35-71-38-46(60)52-28-18-17-19-43(57-73)51(67)68/h40-43,57H,1-39,73H2,(H,52,60)(H,53,59)(H,54,61)(H,55,58)(H,56,64)(H,62,63)(H,65,66)(H,67,68). The first-order valence-electron chi connectivity index (χ1n) is 27.1. The van der Waals surface area contributed by atoms with Crippen LogP contribution < -0.4 is 31.7 Å². The van der Waals surface area contributed by atoms with E-state index in [0.29, 0.717) is 51.6 Å². The van der Waals surface area contributed by atoms with Crippen molar-refractivity contribution in [3.05, 3.63) is 0 Å². The summed E-state index contributed by atoms with van der Waals surface area (Å²) >= 11 is 0. The molecule has 3 atom stereocenters. The Morgan fingerprint density at radius 3 is 1.36 bits per heavy atom. The quantitative estimate of drug-likeness (QED) is 0.0292. The minimum atomic E-state index is -1.21. The molecule has 3 unspecified atom stereocenters. The average molecular weight is 1060 g/mol. The largest absolute Gasteiger partial charge is 0.481 e. The summed E-state index contributed by atoms with van der Waals surface area (Å²) in [4.78, 5) is 95.0. The zero-order valence-corrected chi connectivity index (χ0v) is 44.9. The maximum atomic E-state index is 13.0. The number of hydrogen-bond donors (Lipinski definition) is 9. The zero-order chi connectivity index (χ0) is 53.6. The molecule has 73 heavy (non-hydrogen) atoms. The van der Waals surface area contributed by atoms with Gasteiger partial charge in [-0.15, -0.1) is 0 Å². The lowest BCUT2D eigenvalue weighted by Gasteiger charge is -2.28. The number of nitrogens with one attached hydrogen (secondary N) is 6. The first-order chi connectivity index (χ1) is 35.3. The van der Waals surface area contributed by atoms with Crippen LogP contribution >= 0.6 is 9.39 Å². The Labute approximate surface area is 436 Å². The Morgan fingerprint density at radius 2 is 0.877 bits per heavy atom. The third-order valence-electron chi connectivity index (χ3n) is 12.7. The van der Waals surface area contributed by atoms with Crippen molar-refractivity contribution in [2.24, 2.45) is 11.8 Å². The molecule has 0 aromatic rings. The van der Waals surface area contributed by atoms with Gasteiger partial charge in [0.05, 0.1) is 39.6 Å². The van der Waals surface area contributed by atoms with E-state index in [2.05, 4.69) is 41.1 Å². The van der Waals surface area contributed by atoms with Crippen LogP contribution in [0.15, 0.2) is 0 Å². The lowest BCUT2D eigenvalue weighted by atomic mass is 9.81. The smallest absolute Gasteiger partial charge is 0.326 e. The Kier molecular flexibility index (Phi) is 42.7. The highest BCUT2D eigenvalue weighted by Crippen LogP contribution is 2.29. The van der Waals surface area contributed by atoms with E-state index in [1.54, 1.807) is 0 Å². The first-order valence-corrected chi connectivity index (χ1v) is 27.7. The van der Waals surface area contributed by atoms with Gasteiger partial charge in [-0.25, -0.2) is 4.79 Å². The van der Waals surface area contributed by atoms with E-state index < -0.39 is 30.0 Å². The summed E-state index contributed by atoms with van der Waals surface area (Å²) in [5.41, 5.74) is 0. The number of carboxylic acids is 3. The molecule has 0 radical (unpaired) electrons. The highest BCUT2D eigenvalue weighted by atomic mass is 31.0. The van der Waals surface area contributed by atoms with Crippen LogP contribution in [0.3, 0.4) is 0 Å². The van der Waals surface area contributed by atoms with E-state index in [1.807, 2.05) is 0 Å². The van der Waals surface area contributed by atoms with Crippen molar-refractivity contribution >= 4 is 56.8 Å². The second-order valence-corrected chi connectivity index (χ2v) is 19.3. The minimum absolute atomic E-state index is 0.0608. The number of hydrogen-bond acceptors (Lipinski definition) is 13. The molecule has 0 heterocycles. The molecule has 9 N–H and O–H groups in total. The number of unbranched alkanes of at least 4 members (excludes halogenated alkanes) is 16. The number of rotatable bonds is 50. The third-order valence-corrected chi connectivity index (χ3v) is 13.1. The second kappa shape index (κ2) is 46.5. The topological polar surface area (TPSA) is 306 Å². The number of aliphatic carboxylic acids is 3. The minimum Gasteiger partial charge on any atom is -0.481 e. The van der Waals surface area contributed by atoms with Gasteiger partial charge in [-0.3, -0.25) is 38.6 Å². The number of carboxylic acid groups (broad SMARTS) is 3. The predicted octanol–water partition coefficient (Wildman–Crippen LogP) is 4.78. The number of amides is 5. The number of ether oxygens (including phenoxy) is 4. The molecule has 1 aliphatic carbocycles. The molecule has 0 bridgehead atoms. The van der Waals surface area contributed by atoms with Crippen LogP contribution in [0.4, 0.5) is 0 Å². The number of carbonyl (C=O) groups is 8. The Morgan fingerprint density at radius 1 is 0.438 bits per heavy atom. The molecule has 0 saturated heterocycles. The molecule has 5 amide bonds. The van der Waals surface area contributed by atoms with Gasteiger partial charge in [0, 0.05) is 51.4 Å². The molecule has 0 aliphatic heterocycles. The van der Waals surface area contributed by atoms with Crippen LogP contribution in [-0.2, 0) is 57.3 Å². The molecule has 1 fully saturated rings. The van der Waals surface area contributed by atoms with E-state index in [-0.39, 0.29) is 127 Å². The van der Waals surface area contributed by atoms with Crippen LogP contribution in [0.2, 0.25) is 0 Å². The van der Waals surface area contributed by atoms with Crippen molar-refractivity contribution < 1.29 is 72.6 Å². The number of carbonyl (C=O) groups excluding carboxylic acids is 5. The highest BCUT2D eigenvalue weighted by molar-refractivity contribution is 7.13. The molecule has 1 aliphatic rings. The fraction of sp³-hybridized carbons (Fsp3) is 0.843. The summed E-state index contributed by atoms with van der Waals surface area (Å²) in [7, 11) is 2.19. The molecule has 22 heteroatoms. The summed E-state index contributed by atoms with van der Waals surface area (Å²) in [6, 6.07) is -1.83. The second-order valence-electron chi connectivity index (χ2n) is 18.9. The van der Waals surface area contributed by atoms with E-state index in [1.165, 1.54) is 64.2 Å². The van der Waals surface area contributed by atoms with Crippen LogP contribution in [0.5, 0.6) is 0 Å². The monoisotopic (exact) mass is 1060 g/mol. The maximum Gasteiger partial charge on any atom is 0.326 e. The van der Waals surface area contributed by atoms with Gasteiger partial charge in [-0.2, -0.15) is 0 Å². The van der Waals surface area contributed by atoms with Gasteiger partial charge in [0.15, 0.2) is 0 Å². The van der Waals surface area contributed by atoms with Gasteiger partial charge in [0.2, 0.25) is 29.5 Å². The van der Waals surface area contributed by atoms with Gasteiger partial charge >= 0.3 is 17.9 Å². The zero-order valence-electron chi connectivity index (χ0n) is 43.7. The molecular weight excluding hydrogens is 968 g/mol. The van der Waals surface area contributed by atoms with E-state index in [4.69, 9.17) is 29.2 Å². The van der Waals surface area contributed by atoms with Gasteiger partial charge in [0.25, 0.3) is 0 Å². The third kappa shape index (κ3) is 41.0. The molecule has 1 saturated carbocycles. The van der Waals surface area contributed by atoms with Crippen LogP contribution in [-0.4, -0.2) is 154 Å². The molecule has 0 aromatic carbocycles. The molecule has 0 spiro atoms. The molecule has 0 aromatic heterocycles. The van der Waals surface area contributed by atoms with Crippen molar-refractivity contribution in [3.63, 3.8) is 0 Å². The molecule has 1 rings (SSSR count). The lowest BCUT2D eigenvalue weighted by Crippen LogP contribution is -2.45. The van der Waals surface area contributed by atoms with Crippen LogP contribution in [0.1, 0.15) is 173 Å². The van der Waals surface area contributed by atoms with Crippen molar-refractivity contribution in [2.45, 2.75) is 185 Å². The summed E-state index contributed by atoms with van der Waals surface area (Å²) in [5.74, 6) is -4.11. The van der Waals surface area contributed by atoms with Gasteiger partial charge in [-0.05, 0) is 70.1 Å². The van der Waals surface area contributed by atoms with Crippen molar-refractivity contribution in [3.8, 4) is 0 Å². The Hall–Kier alpha value is -4.01. The van der Waals surface area contributed by atoms with Crippen LogP contribution in [0, 0.1) is 11.8 Å². The van der Waals surface area contributed by atoms with Gasteiger partial charge in [0.1, 0.15) is 25.3 Å². The normalized spacial score (nSPS) is 15.2. The van der Waals surface area contributed by atoms with Gasteiger partial charge in [-0.1, -0.05) is 99.3 Å². The predicted molar refractivity (Wildman–Crippen MR) is 278 cm³/mol. The summed E-state index contributed by atoms with van der Waals surface area (Å²) in [6.45, 7) is 2.33. The Bertz CT molecular complexity index is 1520. The van der Waals surface area contributed by atoms with Gasteiger partial charge < -0.3 is 60.9 Å². The summed E-state index contributed by atoms with van der Waals surface area (Å²) in [6.07, 6.45) is 23.8. The SMILES string of the molecule is O=C(O)CCCCCCCCCCCCCCCCCCC(=O)NCC1CCC(C(=O)NC(CCC(=O)NCCOCCOCC(=O)NCCOCCOCC(=O)NCCCCC(NP)C(=O)O)C(=O)O)CC1. The average Bonchev–Trinajstić information content (AvgIpc) is 3.36. The molecule has 422 valence electrons.